The van der Waals surface area contributed by atoms with Crippen LogP contribution < -0.4 is 5.32 Å². The summed E-state index contributed by atoms with van der Waals surface area (Å²) in [5.74, 6) is -0.672. The Labute approximate surface area is 94.2 Å². The number of aryl methyl sites for hydroxylation is 1. The number of carboxylic acid groups (broad SMARTS) is 1. The van der Waals surface area contributed by atoms with Crippen molar-refractivity contribution in [2.45, 2.75) is 20.3 Å². The maximum atomic E-state index is 11.1. The lowest BCUT2D eigenvalue weighted by Gasteiger charge is -2.10. The Bertz CT molecular complexity index is 416. The van der Waals surface area contributed by atoms with Crippen LogP contribution in [0.3, 0.4) is 0 Å². The van der Waals surface area contributed by atoms with Gasteiger partial charge in [0.25, 0.3) is 0 Å². The predicted molar refractivity (Wildman–Crippen MR) is 61.8 cm³/mol. The minimum absolute atomic E-state index is 0.191. The molecular weight excluding hydrogens is 206 g/mol. The Balaban J connectivity index is 3.03. The number of nitrogens with zero attached hydrogens (tertiary/aromatic N) is 2. The van der Waals surface area contributed by atoms with Crippen molar-refractivity contribution in [3.63, 3.8) is 0 Å². The summed E-state index contributed by atoms with van der Waals surface area (Å²) in [6.45, 7) is 7.65. The van der Waals surface area contributed by atoms with Crippen molar-refractivity contribution < 1.29 is 9.90 Å². The monoisotopic (exact) mass is 221 g/mol. The highest BCUT2D eigenvalue weighted by Gasteiger charge is 2.16. The van der Waals surface area contributed by atoms with Crippen LogP contribution in [-0.2, 0) is 0 Å². The van der Waals surface area contributed by atoms with Gasteiger partial charge in [-0.25, -0.2) is 4.79 Å². The number of aromatic nitrogens is 2. The van der Waals surface area contributed by atoms with Crippen molar-refractivity contribution in [2.24, 2.45) is 0 Å². The molecule has 1 aromatic heterocycles. The Morgan fingerprint density at radius 2 is 2.19 bits per heavy atom. The fraction of sp³-hybridized carbons (Fsp3) is 0.364. The Morgan fingerprint density at radius 3 is 2.75 bits per heavy atom. The molecule has 0 aliphatic carbocycles. The van der Waals surface area contributed by atoms with E-state index in [9.17, 15) is 4.79 Å². The van der Waals surface area contributed by atoms with Gasteiger partial charge >= 0.3 is 5.97 Å². The van der Waals surface area contributed by atoms with Gasteiger partial charge in [-0.15, -0.1) is 11.7 Å². The maximum Gasteiger partial charge on any atom is 0.339 e. The first-order valence-electron chi connectivity index (χ1n) is 4.99. The summed E-state index contributed by atoms with van der Waals surface area (Å²) in [4.78, 5) is 11.1. The van der Waals surface area contributed by atoms with E-state index in [-0.39, 0.29) is 5.56 Å². The van der Waals surface area contributed by atoms with E-state index in [1.807, 2.05) is 0 Å². The number of nitrogens with one attached hydrogen (secondary N) is 1. The Hall–Kier alpha value is -1.91. The minimum atomic E-state index is -0.989. The molecule has 1 rings (SSSR count). The van der Waals surface area contributed by atoms with E-state index in [0.29, 0.717) is 23.6 Å². The molecule has 1 aromatic rings. The minimum Gasteiger partial charge on any atom is -0.478 e. The third-order valence-electron chi connectivity index (χ3n) is 2.31. The normalized spacial score (nSPS) is 9.88. The van der Waals surface area contributed by atoms with Gasteiger partial charge in [0.05, 0.1) is 5.69 Å². The molecule has 0 saturated heterocycles. The zero-order valence-electron chi connectivity index (χ0n) is 9.45. The third-order valence-corrected chi connectivity index (χ3v) is 2.31. The second-order valence-electron chi connectivity index (χ2n) is 3.44. The van der Waals surface area contributed by atoms with E-state index < -0.39 is 5.97 Å². The first kappa shape index (κ1) is 12.2. The first-order valence-corrected chi connectivity index (χ1v) is 4.99. The largest absolute Gasteiger partial charge is 0.478 e. The second-order valence-corrected chi connectivity index (χ2v) is 3.44. The van der Waals surface area contributed by atoms with Gasteiger partial charge in [-0.2, -0.15) is 5.10 Å². The van der Waals surface area contributed by atoms with Crippen LogP contribution in [0.25, 0.3) is 0 Å². The molecule has 5 heteroatoms. The number of aromatic carboxylic acids is 1. The highest BCUT2D eigenvalue weighted by Crippen LogP contribution is 2.18. The molecule has 0 aliphatic rings. The van der Waals surface area contributed by atoms with Gasteiger partial charge in [0.2, 0.25) is 0 Å². The predicted octanol–water partition coefficient (Wildman–Crippen LogP) is 1.78. The van der Waals surface area contributed by atoms with Crippen LogP contribution in [0.4, 0.5) is 5.82 Å². The average Bonchev–Trinajstić information content (AvgIpc) is 2.23. The number of carboxylic acids is 1. The van der Waals surface area contributed by atoms with E-state index in [1.54, 1.807) is 19.9 Å². The molecule has 0 atom stereocenters. The van der Waals surface area contributed by atoms with Gasteiger partial charge in [0.15, 0.2) is 5.82 Å². The number of hydrogen-bond acceptors (Lipinski definition) is 4. The van der Waals surface area contributed by atoms with Gasteiger partial charge < -0.3 is 10.4 Å². The second kappa shape index (κ2) is 5.25. The van der Waals surface area contributed by atoms with E-state index in [4.69, 9.17) is 5.11 Å². The summed E-state index contributed by atoms with van der Waals surface area (Å²) in [6.07, 6.45) is 2.50. The molecule has 0 bridgehead atoms. The third kappa shape index (κ3) is 2.56. The molecule has 0 radical (unpaired) electrons. The van der Waals surface area contributed by atoms with Gasteiger partial charge in [-0.1, -0.05) is 6.08 Å². The topological polar surface area (TPSA) is 75.1 Å². The van der Waals surface area contributed by atoms with E-state index in [0.717, 1.165) is 6.42 Å². The highest BCUT2D eigenvalue weighted by atomic mass is 16.4. The SMILES string of the molecule is C=CCCNc1nnc(C)c(C)c1C(=O)O. The van der Waals surface area contributed by atoms with Crippen molar-refractivity contribution in [1.29, 1.82) is 0 Å². The highest BCUT2D eigenvalue weighted by molar-refractivity contribution is 5.94. The molecule has 2 N–H and O–H groups in total. The summed E-state index contributed by atoms with van der Waals surface area (Å²) >= 11 is 0. The summed E-state index contributed by atoms with van der Waals surface area (Å²) in [7, 11) is 0. The fourth-order valence-corrected chi connectivity index (χ4v) is 1.29. The maximum absolute atomic E-state index is 11.1. The lowest BCUT2D eigenvalue weighted by Crippen LogP contribution is -2.13. The summed E-state index contributed by atoms with van der Waals surface area (Å²) in [6, 6.07) is 0. The molecule has 0 unspecified atom stereocenters. The molecule has 86 valence electrons. The van der Waals surface area contributed by atoms with E-state index >= 15 is 0 Å². The van der Waals surface area contributed by atoms with Crippen molar-refractivity contribution >= 4 is 11.8 Å². The molecule has 0 aromatic carbocycles. The van der Waals surface area contributed by atoms with Crippen LogP contribution in [0, 0.1) is 13.8 Å². The van der Waals surface area contributed by atoms with Crippen LogP contribution in [0.5, 0.6) is 0 Å². The molecule has 0 fully saturated rings. The zero-order chi connectivity index (χ0) is 12.1. The summed E-state index contributed by atoms with van der Waals surface area (Å²) < 4.78 is 0. The lowest BCUT2D eigenvalue weighted by molar-refractivity contribution is 0.0696. The van der Waals surface area contributed by atoms with Gasteiger partial charge in [0.1, 0.15) is 5.56 Å². The van der Waals surface area contributed by atoms with Gasteiger partial charge in [-0.05, 0) is 25.8 Å². The summed E-state index contributed by atoms with van der Waals surface area (Å²) in [5, 5.41) is 19.8. The molecule has 16 heavy (non-hydrogen) atoms. The molecule has 0 saturated carbocycles. The van der Waals surface area contributed by atoms with Crippen LogP contribution in [0.1, 0.15) is 28.0 Å². The van der Waals surface area contributed by atoms with Gasteiger partial charge in [0, 0.05) is 6.54 Å². The molecule has 0 aliphatic heterocycles. The number of carbonyl (C=O) groups is 1. The van der Waals surface area contributed by atoms with E-state index in [1.165, 1.54) is 0 Å². The molecule has 5 nitrogen and oxygen atoms in total. The van der Waals surface area contributed by atoms with Crippen LogP contribution >= 0.6 is 0 Å². The van der Waals surface area contributed by atoms with Crippen LogP contribution in [-0.4, -0.2) is 27.8 Å². The van der Waals surface area contributed by atoms with E-state index in [2.05, 4.69) is 22.1 Å². The zero-order valence-corrected chi connectivity index (χ0v) is 9.45. The summed E-state index contributed by atoms with van der Waals surface area (Å²) in [5.41, 5.74) is 1.46. The quantitative estimate of drug-likeness (QED) is 0.585. The standard InChI is InChI=1S/C11H15N3O2/c1-4-5-6-12-10-9(11(15)16)7(2)8(3)13-14-10/h4H,1,5-6H2,2-3H3,(H,12,14)(H,15,16). The number of anilines is 1. The first-order chi connectivity index (χ1) is 7.57. The Kier molecular flexibility index (Phi) is 3.99. The smallest absolute Gasteiger partial charge is 0.339 e. The van der Waals surface area contributed by atoms with Gasteiger partial charge in [-0.3, -0.25) is 0 Å². The Morgan fingerprint density at radius 1 is 1.50 bits per heavy atom. The fourth-order valence-electron chi connectivity index (χ4n) is 1.29. The number of rotatable bonds is 5. The molecule has 0 spiro atoms. The van der Waals surface area contributed by atoms with Crippen molar-refractivity contribution in [3.8, 4) is 0 Å². The van der Waals surface area contributed by atoms with Crippen molar-refractivity contribution in [3.05, 3.63) is 29.5 Å². The number of hydrogen-bond donors (Lipinski definition) is 2. The molecule has 1 heterocycles. The van der Waals surface area contributed by atoms with Crippen molar-refractivity contribution in [2.75, 3.05) is 11.9 Å². The van der Waals surface area contributed by atoms with Crippen molar-refractivity contribution in [1.82, 2.24) is 10.2 Å². The lowest BCUT2D eigenvalue weighted by atomic mass is 10.1. The molecular formula is C11H15N3O2. The van der Waals surface area contributed by atoms with Crippen LogP contribution in [0.2, 0.25) is 0 Å². The average molecular weight is 221 g/mol. The van der Waals surface area contributed by atoms with Crippen LogP contribution in [0.15, 0.2) is 12.7 Å². The molecule has 0 amide bonds.